The lowest BCUT2D eigenvalue weighted by molar-refractivity contribution is 0.102. The lowest BCUT2D eigenvalue weighted by Gasteiger charge is -2.05. The third-order valence-electron chi connectivity index (χ3n) is 2.11. The summed E-state index contributed by atoms with van der Waals surface area (Å²) in [6.45, 7) is 0. The lowest BCUT2D eigenvalue weighted by atomic mass is 10.2. The van der Waals surface area contributed by atoms with Gasteiger partial charge < -0.3 is 10.4 Å². The average molecular weight is 249 g/mol. The Kier molecular flexibility index (Phi) is 3.25. The molecular weight excluding hydrogens is 240 g/mol. The largest absolute Gasteiger partial charge is 0.507 e. The van der Waals surface area contributed by atoms with Gasteiger partial charge in [0, 0.05) is 11.2 Å². The van der Waals surface area contributed by atoms with Gasteiger partial charge in [0.05, 0.1) is 5.56 Å². The van der Waals surface area contributed by atoms with Crippen LogP contribution in [0.2, 0.25) is 5.02 Å². The molecule has 0 spiro atoms. The van der Waals surface area contributed by atoms with Crippen molar-refractivity contribution in [2.24, 2.45) is 0 Å². The Morgan fingerprint density at radius 3 is 2.76 bits per heavy atom. The molecule has 1 aromatic heterocycles. The van der Waals surface area contributed by atoms with Gasteiger partial charge in [0.15, 0.2) is 0 Å². The molecule has 1 aromatic carbocycles. The summed E-state index contributed by atoms with van der Waals surface area (Å²) in [5.41, 5.74) is 0.153. The van der Waals surface area contributed by atoms with Gasteiger partial charge in [-0.05, 0) is 30.3 Å². The smallest absolute Gasteiger partial charge is 0.260 e. The number of aromatic nitrogens is 1. The van der Waals surface area contributed by atoms with E-state index in [2.05, 4.69) is 10.3 Å². The number of nitrogens with zero attached hydrogens (tertiary/aromatic N) is 1. The number of hydrogen-bond acceptors (Lipinski definition) is 3. The highest BCUT2D eigenvalue weighted by atomic mass is 35.5. The summed E-state index contributed by atoms with van der Waals surface area (Å²) in [7, 11) is 0. The molecule has 2 N–H and O–H groups in total. The van der Waals surface area contributed by atoms with E-state index >= 15 is 0 Å². The molecule has 0 radical (unpaired) electrons. The fraction of sp³-hybridized carbons (Fsp3) is 0. The van der Waals surface area contributed by atoms with Gasteiger partial charge in [-0.2, -0.15) is 0 Å². The molecule has 2 rings (SSSR count). The number of halogens is 1. The van der Waals surface area contributed by atoms with Gasteiger partial charge in [-0.15, -0.1) is 0 Å². The number of pyridine rings is 1. The van der Waals surface area contributed by atoms with E-state index in [1.807, 2.05) is 0 Å². The van der Waals surface area contributed by atoms with Crippen LogP contribution in [0.3, 0.4) is 0 Å². The minimum absolute atomic E-state index is 0.153. The molecule has 0 unspecified atom stereocenters. The van der Waals surface area contributed by atoms with E-state index in [0.29, 0.717) is 10.8 Å². The van der Waals surface area contributed by atoms with Gasteiger partial charge in [-0.25, -0.2) is 4.98 Å². The first-order chi connectivity index (χ1) is 8.16. The van der Waals surface area contributed by atoms with Crippen molar-refractivity contribution >= 4 is 23.3 Å². The molecule has 1 heterocycles. The topological polar surface area (TPSA) is 62.2 Å². The molecule has 17 heavy (non-hydrogen) atoms. The Hall–Kier alpha value is -2.07. The van der Waals surface area contributed by atoms with Crippen LogP contribution < -0.4 is 5.32 Å². The van der Waals surface area contributed by atoms with E-state index in [9.17, 15) is 9.90 Å². The zero-order chi connectivity index (χ0) is 12.3. The monoisotopic (exact) mass is 248 g/mol. The summed E-state index contributed by atoms with van der Waals surface area (Å²) in [6, 6.07) is 9.46. The number of phenols is 1. The van der Waals surface area contributed by atoms with Gasteiger partial charge in [-0.1, -0.05) is 17.7 Å². The second-order valence-corrected chi connectivity index (χ2v) is 3.77. The van der Waals surface area contributed by atoms with Gasteiger partial charge in [0.25, 0.3) is 5.91 Å². The van der Waals surface area contributed by atoms with Crippen molar-refractivity contribution in [3.05, 3.63) is 53.2 Å². The summed E-state index contributed by atoms with van der Waals surface area (Å²) >= 11 is 5.68. The summed E-state index contributed by atoms with van der Waals surface area (Å²) < 4.78 is 0. The van der Waals surface area contributed by atoms with Crippen molar-refractivity contribution in [3.63, 3.8) is 0 Å². The Labute approximate surface area is 103 Å². The maximum atomic E-state index is 11.8. The third kappa shape index (κ3) is 2.73. The van der Waals surface area contributed by atoms with E-state index < -0.39 is 5.91 Å². The fourth-order valence-electron chi connectivity index (χ4n) is 1.32. The number of carbonyl (C=O) groups is 1. The quantitative estimate of drug-likeness (QED) is 0.859. The standard InChI is InChI=1S/C12H9ClN2O2/c13-8-4-5-9(10(16)7-8)12(17)15-11-3-1-2-6-14-11/h1-7,16H,(H,14,15,17). The number of carbonyl (C=O) groups excluding carboxylic acids is 1. The van der Waals surface area contributed by atoms with Crippen molar-refractivity contribution in [1.82, 2.24) is 4.98 Å². The fourth-order valence-corrected chi connectivity index (χ4v) is 1.48. The number of aromatic hydroxyl groups is 1. The lowest BCUT2D eigenvalue weighted by Crippen LogP contribution is -2.12. The first kappa shape index (κ1) is 11.4. The highest BCUT2D eigenvalue weighted by molar-refractivity contribution is 6.30. The zero-order valence-corrected chi connectivity index (χ0v) is 9.48. The van der Waals surface area contributed by atoms with Crippen LogP contribution in [0, 0.1) is 0 Å². The average Bonchev–Trinajstić information content (AvgIpc) is 2.30. The van der Waals surface area contributed by atoms with Crippen LogP contribution in [0.4, 0.5) is 5.82 Å². The maximum absolute atomic E-state index is 11.8. The second-order valence-electron chi connectivity index (χ2n) is 3.33. The summed E-state index contributed by atoms with van der Waals surface area (Å²) in [5.74, 6) is -0.171. The van der Waals surface area contributed by atoms with Crippen molar-refractivity contribution < 1.29 is 9.90 Å². The van der Waals surface area contributed by atoms with E-state index in [0.717, 1.165) is 0 Å². The predicted octanol–water partition coefficient (Wildman–Crippen LogP) is 2.69. The Morgan fingerprint density at radius 2 is 2.12 bits per heavy atom. The zero-order valence-electron chi connectivity index (χ0n) is 8.72. The van der Waals surface area contributed by atoms with Crippen LogP contribution >= 0.6 is 11.6 Å². The normalized spacial score (nSPS) is 9.94. The molecule has 86 valence electrons. The molecular formula is C12H9ClN2O2. The molecule has 0 aliphatic rings. The van der Waals surface area contributed by atoms with Gasteiger partial charge in [0.2, 0.25) is 0 Å². The molecule has 0 aliphatic carbocycles. The number of benzene rings is 1. The Morgan fingerprint density at radius 1 is 1.29 bits per heavy atom. The summed E-state index contributed by atoms with van der Waals surface area (Å²) in [4.78, 5) is 15.7. The molecule has 4 nitrogen and oxygen atoms in total. The van der Waals surface area contributed by atoms with Crippen molar-refractivity contribution in [2.45, 2.75) is 0 Å². The first-order valence-corrected chi connectivity index (χ1v) is 5.25. The van der Waals surface area contributed by atoms with Gasteiger partial charge >= 0.3 is 0 Å². The SMILES string of the molecule is O=C(Nc1ccccn1)c1ccc(Cl)cc1O. The molecule has 0 aliphatic heterocycles. The number of rotatable bonds is 2. The van der Waals surface area contributed by atoms with Gasteiger partial charge in [0.1, 0.15) is 11.6 Å². The maximum Gasteiger partial charge on any atom is 0.260 e. The van der Waals surface area contributed by atoms with Crippen molar-refractivity contribution in [2.75, 3.05) is 5.32 Å². The van der Waals surface area contributed by atoms with Crippen LogP contribution in [0.5, 0.6) is 5.75 Å². The molecule has 1 amide bonds. The van der Waals surface area contributed by atoms with E-state index in [1.165, 1.54) is 18.2 Å². The summed E-state index contributed by atoms with van der Waals surface area (Å²) in [5, 5.41) is 12.5. The minimum atomic E-state index is -0.433. The van der Waals surface area contributed by atoms with Crippen LogP contribution in [-0.2, 0) is 0 Å². The Balaban J connectivity index is 2.21. The predicted molar refractivity (Wildman–Crippen MR) is 65.3 cm³/mol. The van der Waals surface area contributed by atoms with Gasteiger partial charge in [-0.3, -0.25) is 4.79 Å². The number of nitrogens with one attached hydrogen (secondary N) is 1. The molecule has 5 heteroatoms. The number of phenolic OH excluding ortho intramolecular Hbond substituents is 1. The van der Waals surface area contributed by atoms with Crippen LogP contribution in [0.15, 0.2) is 42.6 Å². The van der Waals surface area contributed by atoms with E-state index in [1.54, 1.807) is 24.4 Å². The summed E-state index contributed by atoms with van der Waals surface area (Å²) in [6.07, 6.45) is 1.57. The molecule has 0 fully saturated rings. The van der Waals surface area contributed by atoms with Crippen LogP contribution in [0.1, 0.15) is 10.4 Å². The number of amides is 1. The van der Waals surface area contributed by atoms with E-state index in [4.69, 9.17) is 11.6 Å². The van der Waals surface area contributed by atoms with E-state index in [-0.39, 0.29) is 11.3 Å². The number of hydrogen-bond donors (Lipinski definition) is 2. The molecule has 0 saturated carbocycles. The molecule has 2 aromatic rings. The van der Waals surface area contributed by atoms with Crippen LogP contribution in [0.25, 0.3) is 0 Å². The second kappa shape index (κ2) is 4.84. The van der Waals surface area contributed by atoms with Crippen molar-refractivity contribution in [3.8, 4) is 5.75 Å². The van der Waals surface area contributed by atoms with Crippen molar-refractivity contribution in [1.29, 1.82) is 0 Å². The van der Waals surface area contributed by atoms with Crippen LogP contribution in [-0.4, -0.2) is 16.0 Å². The third-order valence-corrected chi connectivity index (χ3v) is 2.35. The highest BCUT2D eigenvalue weighted by Crippen LogP contribution is 2.22. The number of anilines is 1. The Bertz CT molecular complexity index is 543. The molecule has 0 saturated heterocycles. The first-order valence-electron chi connectivity index (χ1n) is 4.88. The minimum Gasteiger partial charge on any atom is -0.507 e. The molecule has 0 bridgehead atoms. The highest BCUT2D eigenvalue weighted by Gasteiger charge is 2.11. The molecule has 0 atom stereocenters.